The van der Waals surface area contributed by atoms with Gasteiger partial charge in [-0.25, -0.2) is 0 Å². The largest absolute Gasteiger partial charge is 0.416 e. The zero-order valence-corrected chi connectivity index (χ0v) is 13.1. The molecule has 1 rings (SSSR count). The fraction of sp³-hybridized carbons (Fsp3) is 0.529. The second kappa shape index (κ2) is 7.64. The third-order valence-electron chi connectivity index (χ3n) is 3.23. The monoisotopic (exact) mass is 299 g/mol. The summed E-state index contributed by atoms with van der Waals surface area (Å²) in [5.74, 6) is 0.715. The molecule has 1 N–H and O–H groups in total. The average molecular weight is 299 g/mol. The fourth-order valence-electron chi connectivity index (χ4n) is 2.01. The van der Waals surface area contributed by atoms with Gasteiger partial charge in [-0.1, -0.05) is 57.5 Å². The van der Waals surface area contributed by atoms with Crippen molar-refractivity contribution in [3.05, 3.63) is 41.0 Å². The van der Waals surface area contributed by atoms with Gasteiger partial charge in [0.2, 0.25) is 0 Å². The molecule has 1 nitrogen and oxygen atoms in total. The molecule has 0 fully saturated rings. The van der Waals surface area contributed by atoms with Crippen molar-refractivity contribution >= 4 is 6.08 Å². The van der Waals surface area contributed by atoms with Gasteiger partial charge < -0.3 is 5.32 Å². The van der Waals surface area contributed by atoms with Gasteiger partial charge >= 0.3 is 6.18 Å². The number of hydrogen-bond donors (Lipinski definition) is 1. The fourth-order valence-corrected chi connectivity index (χ4v) is 2.01. The van der Waals surface area contributed by atoms with Crippen LogP contribution in [0.5, 0.6) is 0 Å². The quantitative estimate of drug-likeness (QED) is 0.780. The van der Waals surface area contributed by atoms with Crippen molar-refractivity contribution < 1.29 is 13.2 Å². The molecule has 0 aliphatic heterocycles. The first kappa shape index (κ1) is 17.8. The van der Waals surface area contributed by atoms with Gasteiger partial charge in [0.15, 0.2) is 0 Å². The van der Waals surface area contributed by atoms with E-state index in [1.165, 1.54) is 12.1 Å². The van der Waals surface area contributed by atoms with E-state index in [4.69, 9.17) is 0 Å². The summed E-state index contributed by atoms with van der Waals surface area (Å²) in [4.78, 5) is 0. The molecule has 0 amide bonds. The lowest BCUT2D eigenvalue weighted by atomic mass is 9.97. The Morgan fingerprint density at radius 2 is 1.76 bits per heavy atom. The standard InChI is InChI=1S/C17H24F3N/c1-12(2)10-21-11-15(13(3)4)9-14-7-5-6-8-16(14)17(18,19)20/h5-9,12-13,21H,10-11H2,1-4H3. The van der Waals surface area contributed by atoms with Gasteiger partial charge in [-0.3, -0.25) is 0 Å². The van der Waals surface area contributed by atoms with Crippen molar-refractivity contribution in [2.24, 2.45) is 11.8 Å². The Balaban J connectivity index is 3.01. The molecule has 1 aromatic rings. The maximum Gasteiger partial charge on any atom is 0.416 e. The van der Waals surface area contributed by atoms with Crippen molar-refractivity contribution in [3.8, 4) is 0 Å². The maximum atomic E-state index is 13.0. The molecule has 0 atom stereocenters. The first-order chi connectivity index (χ1) is 9.71. The first-order valence-electron chi connectivity index (χ1n) is 7.29. The topological polar surface area (TPSA) is 12.0 Å². The molecular formula is C17H24F3N. The Labute approximate surface area is 125 Å². The van der Waals surface area contributed by atoms with Crippen LogP contribution in [0, 0.1) is 11.8 Å². The van der Waals surface area contributed by atoms with E-state index in [9.17, 15) is 13.2 Å². The Kier molecular flexibility index (Phi) is 6.46. The number of alkyl halides is 3. The van der Waals surface area contributed by atoms with Crippen LogP contribution in [0.25, 0.3) is 6.08 Å². The molecule has 0 bridgehead atoms. The van der Waals surface area contributed by atoms with Gasteiger partial charge in [0.1, 0.15) is 0 Å². The van der Waals surface area contributed by atoms with Crippen LogP contribution in [-0.4, -0.2) is 13.1 Å². The van der Waals surface area contributed by atoms with Crippen molar-refractivity contribution in [1.82, 2.24) is 5.32 Å². The summed E-state index contributed by atoms with van der Waals surface area (Å²) in [6.45, 7) is 9.67. The molecule has 0 saturated heterocycles. The average Bonchev–Trinajstić information content (AvgIpc) is 2.36. The van der Waals surface area contributed by atoms with E-state index < -0.39 is 11.7 Å². The lowest BCUT2D eigenvalue weighted by molar-refractivity contribution is -0.137. The number of benzene rings is 1. The van der Waals surface area contributed by atoms with Crippen LogP contribution < -0.4 is 5.32 Å². The van der Waals surface area contributed by atoms with E-state index in [-0.39, 0.29) is 11.5 Å². The summed E-state index contributed by atoms with van der Waals surface area (Å²) in [5, 5.41) is 3.30. The molecule has 4 heteroatoms. The van der Waals surface area contributed by atoms with Crippen LogP contribution in [0.1, 0.15) is 38.8 Å². The molecule has 21 heavy (non-hydrogen) atoms. The van der Waals surface area contributed by atoms with Crippen LogP contribution in [-0.2, 0) is 6.18 Å². The van der Waals surface area contributed by atoms with E-state index in [1.807, 2.05) is 13.8 Å². The minimum Gasteiger partial charge on any atom is -0.313 e. The number of halogens is 3. The summed E-state index contributed by atoms with van der Waals surface area (Å²) in [5.41, 5.74) is 0.638. The highest BCUT2D eigenvalue weighted by Crippen LogP contribution is 2.33. The van der Waals surface area contributed by atoms with Crippen LogP contribution in [0.4, 0.5) is 13.2 Å². The first-order valence-corrected chi connectivity index (χ1v) is 7.29. The van der Waals surface area contributed by atoms with E-state index in [2.05, 4.69) is 19.2 Å². The molecule has 0 aromatic heterocycles. The minimum absolute atomic E-state index is 0.200. The Morgan fingerprint density at radius 1 is 1.14 bits per heavy atom. The predicted octanol–water partition coefficient (Wildman–Crippen LogP) is 4.99. The Morgan fingerprint density at radius 3 is 2.29 bits per heavy atom. The summed E-state index contributed by atoms with van der Waals surface area (Å²) in [6, 6.07) is 5.71. The van der Waals surface area contributed by atoms with E-state index in [0.29, 0.717) is 12.5 Å². The highest BCUT2D eigenvalue weighted by Gasteiger charge is 2.32. The molecule has 0 radical (unpaired) electrons. The molecular weight excluding hydrogens is 275 g/mol. The van der Waals surface area contributed by atoms with Gasteiger partial charge in [0.25, 0.3) is 0 Å². The molecule has 118 valence electrons. The van der Waals surface area contributed by atoms with Crippen molar-refractivity contribution in [2.75, 3.05) is 13.1 Å². The molecule has 0 heterocycles. The SMILES string of the molecule is CC(C)CNCC(=Cc1ccccc1C(F)(F)F)C(C)C. The third kappa shape index (κ3) is 5.92. The number of rotatable bonds is 6. The Bertz CT molecular complexity index is 473. The van der Waals surface area contributed by atoms with Crippen LogP contribution in [0.3, 0.4) is 0 Å². The second-order valence-corrected chi connectivity index (χ2v) is 5.98. The van der Waals surface area contributed by atoms with Crippen LogP contribution in [0.15, 0.2) is 29.8 Å². The summed E-state index contributed by atoms with van der Waals surface area (Å²) in [7, 11) is 0. The summed E-state index contributed by atoms with van der Waals surface area (Å²) < 4.78 is 39.0. The normalized spacial score (nSPS) is 13.3. The van der Waals surface area contributed by atoms with Gasteiger partial charge in [0.05, 0.1) is 5.56 Å². The number of nitrogens with one attached hydrogen (secondary N) is 1. The lowest BCUT2D eigenvalue weighted by Gasteiger charge is -2.16. The van der Waals surface area contributed by atoms with Gasteiger partial charge in [-0.15, -0.1) is 0 Å². The van der Waals surface area contributed by atoms with Gasteiger partial charge in [-0.05, 0) is 30.0 Å². The lowest BCUT2D eigenvalue weighted by Crippen LogP contribution is -2.23. The number of hydrogen-bond acceptors (Lipinski definition) is 1. The van der Waals surface area contributed by atoms with E-state index in [1.54, 1.807) is 12.1 Å². The summed E-state index contributed by atoms with van der Waals surface area (Å²) in [6.07, 6.45) is -2.65. The molecule has 0 saturated carbocycles. The third-order valence-corrected chi connectivity index (χ3v) is 3.23. The summed E-state index contributed by atoms with van der Waals surface area (Å²) >= 11 is 0. The van der Waals surface area contributed by atoms with Crippen molar-refractivity contribution in [1.29, 1.82) is 0 Å². The van der Waals surface area contributed by atoms with Crippen LogP contribution >= 0.6 is 0 Å². The zero-order valence-electron chi connectivity index (χ0n) is 13.1. The molecule has 0 aliphatic carbocycles. The van der Waals surface area contributed by atoms with E-state index in [0.717, 1.165) is 18.2 Å². The minimum atomic E-state index is -4.32. The molecule has 0 aliphatic rings. The molecule has 0 spiro atoms. The van der Waals surface area contributed by atoms with Crippen LogP contribution in [0.2, 0.25) is 0 Å². The van der Waals surface area contributed by atoms with Crippen molar-refractivity contribution in [2.45, 2.75) is 33.9 Å². The van der Waals surface area contributed by atoms with E-state index >= 15 is 0 Å². The Hall–Kier alpha value is -1.29. The van der Waals surface area contributed by atoms with Crippen molar-refractivity contribution in [3.63, 3.8) is 0 Å². The van der Waals surface area contributed by atoms with Gasteiger partial charge in [0, 0.05) is 6.54 Å². The smallest absolute Gasteiger partial charge is 0.313 e. The zero-order chi connectivity index (χ0) is 16.0. The maximum absolute atomic E-state index is 13.0. The molecule has 0 unspecified atom stereocenters. The predicted molar refractivity (Wildman–Crippen MR) is 82.0 cm³/mol. The van der Waals surface area contributed by atoms with Gasteiger partial charge in [-0.2, -0.15) is 13.2 Å². The second-order valence-electron chi connectivity index (χ2n) is 5.98. The highest BCUT2D eigenvalue weighted by atomic mass is 19.4. The highest BCUT2D eigenvalue weighted by molar-refractivity contribution is 5.58. The molecule has 1 aromatic carbocycles.